The number of hydrogen-bond acceptors (Lipinski definition) is 5. The largest absolute Gasteiger partial charge is 0.409 e. The summed E-state index contributed by atoms with van der Waals surface area (Å²) in [7, 11) is 0. The van der Waals surface area contributed by atoms with Gasteiger partial charge in [-0.05, 0) is 39.3 Å². The van der Waals surface area contributed by atoms with Gasteiger partial charge < -0.3 is 15.8 Å². The minimum Gasteiger partial charge on any atom is -0.409 e. The fourth-order valence-corrected chi connectivity index (χ4v) is 3.63. The Bertz CT molecular complexity index is 571. The molecule has 6 nitrogen and oxygen atoms in total. The van der Waals surface area contributed by atoms with Crippen LogP contribution in [-0.4, -0.2) is 53.1 Å². The number of rotatable bonds is 2. The molecule has 2 fully saturated rings. The SMILES string of the molecule is Cc1cc(N2CCN3CCCC3C2)c(/C(N)=N/O)c(C)n1. The number of pyridine rings is 1. The first-order valence-electron chi connectivity index (χ1n) is 7.55. The molecule has 0 saturated carbocycles. The van der Waals surface area contributed by atoms with E-state index in [0.29, 0.717) is 6.04 Å². The van der Waals surface area contributed by atoms with Crippen LogP contribution >= 0.6 is 0 Å². The van der Waals surface area contributed by atoms with Gasteiger partial charge in [-0.3, -0.25) is 9.88 Å². The number of amidine groups is 1. The van der Waals surface area contributed by atoms with Crippen molar-refractivity contribution in [3.63, 3.8) is 0 Å². The molecule has 0 aromatic carbocycles. The molecule has 0 aliphatic carbocycles. The van der Waals surface area contributed by atoms with Gasteiger partial charge in [0.25, 0.3) is 0 Å². The van der Waals surface area contributed by atoms with Crippen molar-refractivity contribution in [1.29, 1.82) is 0 Å². The first-order valence-corrected chi connectivity index (χ1v) is 7.55. The Morgan fingerprint density at radius 1 is 1.38 bits per heavy atom. The minimum absolute atomic E-state index is 0.142. The fraction of sp³-hybridized carbons (Fsp3) is 0.600. The molecule has 1 aromatic rings. The van der Waals surface area contributed by atoms with Gasteiger partial charge in [-0.25, -0.2) is 0 Å². The van der Waals surface area contributed by atoms with E-state index < -0.39 is 0 Å². The molecule has 0 radical (unpaired) electrons. The predicted octanol–water partition coefficient (Wildman–Crippen LogP) is 1.08. The van der Waals surface area contributed by atoms with E-state index >= 15 is 0 Å². The number of hydrogen-bond donors (Lipinski definition) is 2. The summed E-state index contributed by atoms with van der Waals surface area (Å²) in [6, 6.07) is 2.68. The highest BCUT2D eigenvalue weighted by Crippen LogP contribution is 2.29. The van der Waals surface area contributed by atoms with Gasteiger partial charge in [0.2, 0.25) is 0 Å². The van der Waals surface area contributed by atoms with Crippen molar-refractivity contribution in [3.8, 4) is 0 Å². The van der Waals surface area contributed by atoms with Crippen molar-refractivity contribution in [1.82, 2.24) is 9.88 Å². The molecule has 2 aliphatic rings. The molecule has 0 amide bonds. The van der Waals surface area contributed by atoms with Crippen molar-refractivity contribution in [2.24, 2.45) is 10.9 Å². The van der Waals surface area contributed by atoms with Gasteiger partial charge in [0.05, 0.1) is 16.9 Å². The molecule has 6 heteroatoms. The summed E-state index contributed by atoms with van der Waals surface area (Å²) < 4.78 is 0. The van der Waals surface area contributed by atoms with E-state index in [1.54, 1.807) is 0 Å². The zero-order valence-corrected chi connectivity index (χ0v) is 12.7. The molecule has 2 aliphatic heterocycles. The maximum absolute atomic E-state index is 9.06. The second-order valence-electron chi connectivity index (χ2n) is 6.01. The van der Waals surface area contributed by atoms with E-state index in [1.807, 2.05) is 19.9 Å². The van der Waals surface area contributed by atoms with Crippen LogP contribution in [0.15, 0.2) is 11.2 Å². The van der Waals surface area contributed by atoms with Crippen LogP contribution < -0.4 is 10.6 Å². The summed E-state index contributed by atoms with van der Waals surface area (Å²) in [6.45, 7) is 8.19. The third-order valence-electron chi connectivity index (χ3n) is 4.60. The molecule has 21 heavy (non-hydrogen) atoms. The zero-order chi connectivity index (χ0) is 15.0. The molecule has 0 spiro atoms. The van der Waals surface area contributed by atoms with E-state index in [2.05, 4.69) is 19.9 Å². The number of aryl methyl sites for hydroxylation is 2. The third kappa shape index (κ3) is 2.55. The van der Waals surface area contributed by atoms with E-state index in [4.69, 9.17) is 10.9 Å². The van der Waals surface area contributed by atoms with Gasteiger partial charge in [0.1, 0.15) is 0 Å². The maximum atomic E-state index is 9.06. The number of piperazine rings is 1. The van der Waals surface area contributed by atoms with Gasteiger partial charge in [0.15, 0.2) is 5.84 Å². The highest BCUT2D eigenvalue weighted by Gasteiger charge is 2.32. The average Bonchev–Trinajstić information content (AvgIpc) is 2.93. The Morgan fingerprint density at radius 3 is 2.95 bits per heavy atom. The Morgan fingerprint density at radius 2 is 2.19 bits per heavy atom. The van der Waals surface area contributed by atoms with Crippen LogP contribution in [-0.2, 0) is 0 Å². The summed E-state index contributed by atoms with van der Waals surface area (Å²) in [4.78, 5) is 9.39. The molecule has 2 saturated heterocycles. The number of anilines is 1. The highest BCUT2D eigenvalue weighted by molar-refractivity contribution is 6.03. The molecule has 1 atom stereocenters. The number of fused-ring (bicyclic) bond motifs is 1. The van der Waals surface area contributed by atoms with Crippen molar-refractivity contribution >= 4 is 11.5 Å². The van der Waals surface area contributed by atoms with Gasteiger partial charge in [-0.1, -0.05) is 5.16 Å². The quantitative estimate of drug-likeness (QED) is 0.369. The molecule has 3 N–H and O–H groups in total. The lowest BCUT2D eigenvalue weighted by Gasteiger charge is -2.39. The zero-order valence-electron chi connectivity index (χ0n) is 12.7. The topological polar surface area (TPSA) is 78.0 Å². The molecule has 1 aromatic heterocycles. The lowest BCUT2D eigenvalue weighted by Crippen LogP contribution is -2.50. The van der Waals surface area contributed by atoms with Crippen LogP contribution in [0.4, 0.5) is 5.69 Å². The van der Waals surface area contributed by atoms with Crippen LogP contribution in [0.3, 0.4) is 0 Å². The maximum Gasteiger partial charge on any atom is 0.174 e. The molecule has 3 rings (SSSR count). The van der Waals surface area contributed by atoms with Crippen LogP contribution in [0.2, 0.25) is 0 Å². The van der Waals surface area contributed by atoms with Gasteiger partial charge in [-0.2, -0.15) is 0 Å². The number of oxime groups is 1. The molecule has 114 valence electrons. The van der Waals surface area contributed by atoms with E-state index in [-0.39, 0.29) is 5.84 Å². The number of nitrogens with zero attached hydrogens (tertiary/aromatic N) is 4. The first kappa shape index (κ1) is 14.1. The first-order chi connectivity index (χ1) is 10.1. The summed E-state index contributed by atoms with van der Waals surface area (Å²) in [6.07, 6.45) is 2.55. The second kappa shape index (κ2) is 5.52. The van der Waals surface area contributed by atoms with Gasteiger partial charge in [0, 0.05) is 31.4 Å². The number of nitrogens with two attached hydrogens (primary N) is 1. The number of aromatic nitrogens is 1. The van der Waals surface area contributed by atoms with Crippen molar-refractivity contribution < 1.29 is 5.21 Å². The van der Waals surface area contributed by atoms with Crippen LogP contribution in [0.5, 0.6) is 0 Å². The monoisotopic (exact) mass is 289 g/mol. The molecule has 1 unspecified atom stereocenters. The standard InChI is InChI=1S/C15H23N5O/c1-10-8-13(14(11(2)17-10)15(16)18-21)20-7-6-19-5-3-4-12(19)9-20/h8,12,21H,3-7,9H2,1-2H3,(H2,16,18). The Labute approximate surface area is 125 Å². The second-order valence-corrected chi connectivity index (χ2v) is 6.01. The van der Waals surface area contributed by atoms with Crippen LogP contribution in [0, 0.1) is 13.8 Å². The van der Waals surface area contributed by atoms with Gasteiger partial charge in [-0.15, -0.1) is 0 Å². The lowest BCUT2D eigenvalue weighted by atomic mass is 10.1. The molecule has 3 heterocycles. The molecular formula is C15H23N5O. The summed E-state index contributed by atoms with van der Waals surface area (Å²) >= 11 is 0. The molecule has 0 bridgehead atoms. The lowest BCUT2D eigenvalue weighted by molar-refractivity contribution is 0.231. The van der Waals surface area contributed by atoms with Crippen molar-refractivity contribution in [2.75, 3.05) is 31.1 Å². The van der Waals surface area contributed by atoms with Gasteiger partial charge >= 0.3 is 0 Å². The van der Waals surface area contributed by atoms with Crippen molar-refractivity contribution in [3.05, 3.63) is 23.0 Å². The third-order valence-corrected chi connectivity index (χ3v) is 4.60. The van der Waals surface area contributed by atoms with E-state index in [0.717, 1.165) is 42.3 Å². The fourth-order valence-electron chi connectivity index (χ4n) is 3.63. The predicted molar refractivity (Wildman–Crippen MR) is 83.0 cm³/mol. The van der Waals surface area contributed by atoms with Crippen LogP contribution in [0.25, 0.3) is 0 Å². The summed E-state index contributed by atoms with van der Waals surface area (Å²) in [5.74, 6) is 0.142. The highest BCUT2D eigenvalue weighted by atomic mass is 16.4. The van der Waals surface area contributed by atoms with E-state index in [9.17, 15) is 0 Å². The van der Waals surface area contributed by atoms with Crippen LogP contribution in [0.1, 0.15) is 29.8 Å². The Balaban J connectivity index is 1.97. The van der Waals surface area contributed by atoms with E-state index in [1.165, 1.54) is 19.4 Å². The minimum atomic E-state index is 0.142. The summed E-state index contributed by atoms with van der Waals surface area (Å²) in [5, 5.41) is 12.3. The van der Waals surface area contributed by atoms with Crippen molar-refractivity contribution in [2.45, 2.75) is 32.7 Å². The Hall–Kier alpha value is -1.82. The smallest absolute Gasteiger partial charge is 0.174 e. The average molecular weight is 289 g/mol. The molecular weight excluding hydrogens is 266 g/mol. The normalized spacial score (nSPS) is 23.4. The summed E-state index contributed by atoms with van der Waals surface area (Å²) in [5.41, 5.74) is 9.46. The Kier molecular flexibility index (Phi) is 3.71.